The maximum Gasteiger partial charge on any atom is 0.227 e. The summed E-state index contributed by atoms with van der Waals surface area (Å²) in [6, 6.07) is 16.0. The fourth-order valence-electron chi connectivity index (χ4n) is 4.64. The Morgan fingerprint density at radius 2 is 1.90 bits per heavy atom. The monoisotopic (exact) mass is 441 g/mol. The summed E-state index contributed by atoms with van der Waals surface area (Å²) in [5.74, 6) is 0.192. The number of aryl methyl sites for hydroxylation is 1. The quantitative estimate of drug-likeness (QED) is 0.564. The SMILES string of the molecule is O=C1CCCN1c1cccc(NC(=S)NC2(CCc3ccccc3Cl)CCCC2)c1. The molecule has 1 heterocycles. The van der Waals surface area contributed by atoms with E-state index in [4.69, 9.17) is 23.8 Å². The Hall–Kier alpha value is -2.11. The summed E-state index contributed by atoms with van der Waals surface area (Å²) in [5.41, 5.74) is 3.03. The van der Waals surface area contributed by atoms with Gasteiger partial charge in [-0.1, -0.05) is 48.7 Å². The highest BCUT2D eigenvalue weighted by atomic mass is 35.5. The van der Waals surface area contributed by atoms with Crippen molar-refractivity contribution in [2.75, 3.05) is 16.8 Å². The van der Waals surface area contributed by atoms with Crippen LogP contribution in [-0.4, -0.2) is 23.1 Å². The van der Waals surface area contributed by atoms with Gasteiger partial charge in [-0.05, 0) is 74.2 Å². The highest BCUT2D eigenvalue weighted by Crippen LogP contribution is 2.35. The van der Waals surface area contributed by atoms with E-state index in [-0.39, 0.29) is 11.4 Å². The second-order valence-corrected chi connectivity index (χ2v) is 9.17. The molecule has 0 radical (unpaired) electrons. The molecule has 0 bridgehead atoms. The fourth-order valence-corrected chi connectivity index (χ4v) is 5.20. The Morgan fingerprint density at radius 1 is 1.10 bits per heavy atom. The van der Waals surface area contributed by atoms with Crippen molar-refractivity contribution in [3.05, 3.63) is 59.1 Å². The van der Waals surface area contributed by atoms with Crippen molar-refractivity contribution in [1.82, 2.24) is 5.32 Å². The molecular formula is C24H28ClN3OS. The number of anilines is 2. The summed E-state index contributed by atoms with van der Waals surface area (Å²) in [7, 11) is 0. The molecule has 2 aliphatic rings. The second kappa shape index (κ2) is 9.36. The second-order valence-electron chi connectivity index (χ2n) is 8.36. The lowest BCUT2D eigenvalue weighted by Crippen LogP contribution is -2.48. The van der Waals surface area contributed by atoms with Gasteiger partial charge in [-0.3, -0.25) is 4.79 Å². The summed E-state index contributed by atoms with van der Waals surface area (Å²) >= 11 is 12.0. The fraction of sp³-hybridized carbons (Fsp3) is 0.417. The number of thiocarbonyl (C=S) groups is 1. The van der Waals surface area contributed by atoms with Gasteiger partial charge in [0.1, 0.15) is 0 Å². The lowest BCUT2D eigenvalue weighted by Gasteiger charge is -2.32. The van der Waals surface area contributed by atoms with Gasteiger partial charge in [0.2, 0.25) is 5.91 Å². The first-order chi connectivity index (χ1) is 14.5. The molecule has 2 aromatic rings. The smallest absolute Gasteiger partial charge is 0.227 e. The molecule has 1 amide bonds. The van der Waals surface area contributed by atoms with Gasteiger partial charge in [0.25, 0.3) is 0 Å². The molecule has 1 aliphatic heterocycles. The number of benzene rings is 2. The third-order valence-electron chi connectivity index (χ3n) is 6.26. The van der Waals surface area contributed by atoms with Crippen molar-refractivity contribution in [2.45, 2.75) is 56.9 Å². The van der Waals surface area contributed by atoms with E-state index in [2.05, 4.69) is 16.7 Å². The van der Waals surface area contributed by atoms with Crippen LogP contribution in [0.2, 0.25) is 5.02 Å². The number of carbonyl (C=O) groups excluding carboxylic acids is 1. The van der Waals surface area contributed by atoms with Crippen LogP contribution in [-0.2, 0) is 11.2 Å². The molecule has 2 N–H and O–H groups in total. The van der Waals surface area contributed by atoms with E-state index < -0.39 is 0 Å². The van der Waals surface area contributed by atoms with Gasteiger partial charge in [-0.2, -0.15) is 0 Å². The maximum absolute atomic E-state index is 12.1. The van der Waals surface area contributed by atoms with Gasteiger partial charge in [-0.25, -0.2) is 0 Å². The van der Waals surface area contributed by atoms with Crippen LogP contribution in [0.3, 0.4) is 0 Å². The summed E-state index contributed by atoms with van der Waals surface area (Å²) in [6.45, 7) is 0.788. The topological polar surface area (TPSA) is 44.4 Å². The number of hydrogen-bond donors (Lipinski definition) is 2. The van der Waals surface area contributed by atoms with Crippen LogP contribution >= 0.6 is 23.8 Å². The normalized spacial score (nSPS) is 17.9. The highest BCUT2D eigenvalue weighted by Gasteiger charge is 2.34. The highest BCUT2D eigenvalue weighted by molar-refractivity contribution is 7.80. The van der Waals surface area contributed by atoms with Crippen LogP contribution in [0.4, 0.5) is 11.4 Å². The minimum atomic E-state index is 0.00574. The minimum absolute atomic E-state index is 0.00574. The third kappa shape index (κ3) is 4.96. The first-order valence-electron chi connectivity index (χ1n) is 10.8. The average molecular weight is 442 g/mol. The molecule has 4 nitrogen and oxygen atoms in total. The molecule has 1 saturated heterocycles. The van der Waals surface area contributed by atoms with Gasteiger partial charge in [0.15, 0.2) is 5.11 Å². The predicted octanol–water partition coefficient (Wildman–Crippen LogP) is 5.70. The van der Waals surface area contributed by atoms with E-state index >= 15 is 0 Å². The summed E-state index contributed by atoms with van der Waals surface area (Å²) in [6.07, 6.45) is 8.14. The number of nitrogens with one attached hydrogen (secondary N) is 2. The number of halogens is 1. The van der Waals surface area contributed by atoms with E-state index in [9.17, 15) is 4.79 Å². The van der Waals surface area contributed by atoms with Crippen molar-refractivity contribution >= 4 is 46.2 Å². The molecule has 0 spiro atoms. The molecule has 158 valence electrons. The van der Waals surface area contributed by atoms with Crippen molar-refractivity contribution in [1.29, 1.82) is 0 Å². The molecule has 0 unspecified atom stereocenters. The van der Waals surface area contributed by atoms with Gasteiger partial charge < -0.3 is 15.5 Å². The van der Waals surface area contributed by atoms with Gasteiger partial charge in [0.05, 0.1) is 0 Å². The molecule has 0 aromatic heterocycles. The van der Waals surface area contributed by atoms with E-state index in [0.29, 0.717) is 11.5 Å². The van der Waals surface area contributed by atoms with E-state index in [1.54, 1.807) is 0 Å². The molecule has 2 fully saturated rings. The Morgan fingerprint density at radius 3 is 2.63 bits per heavy atom. The van der Waals surface area contributed by atoms with Gasteiger partial charge >= 0.3 is 0 Å². The van der Waals surface area contributed by atoms with Gasteiger partial charge in [-0.15, -0.1) is 0 Å². The molecule has 30 heavy (non-hydrogen) atoms. The first kappa shape index (κ1) is 21.1. The minimum Gasteiger partial charge on any atom is -0.357 e. The molecule has 4 rings (SSSR count). The maximum atomic E-state index is 12.1. The van der Waals surface area contributed by atoms with Crippen LogP contribution in [0, 0.1) is 0 Å². The zero-order valence-electron chi connectivity index (χ0n) is 17.1. The molecule has 1 saturated carbocycles. The zero-order valence-corrected chi connectivity index (χ0v) is 18.7. The van der Waals surface area contributed by atoms with Crippen LogP contribution in [0.1, 0.15) is 50.5 Å². The zero-order chi connectivity index (χ0) is 21.0. The molecule has 0 atom stereocenters. The van der Waals surface area contributed by atoms with Crippen molar-refractivity contribution in [2.24, 2.45) is 0 Å². The summed E-state index contributed by atoms with van der Waals surface area (Å²) in [5, 5.41) is 8.44. The Bertz CT molecular complexity index is 926. The van der Waals surface area contributed by atoms with Crippen molar-refractivity contribution in [3.63, 3.8) is 0 Å². The van der Waals surface area contributed by atoms with Crippen LogP contribution in [0.25, 0.3) is 0 Å². The van der Waals surface area contributed by atoms with Gasteiger partial charge in [0, 0.05) is 34.9 Å². The standard InChI is InChI=1S/C24H28ClN3OS/c25-21-10-2-1-7-18(21)12-15-24(13-3-4-14-24)27-23(30)26-19-8-5-9-20(17-19)28-16-6-11-22(28)29/h1-2,5,7-10,17H,3-4,6,11-16H2,(H2,26,27,30). The van der Waals surface area contributed by atoms with Crippen LogP contribution in [0.5, 0.6) is 0 Å². The summed E-state index contributed by atoms with van der Waals surface area (Å²) in [4.78, 5) is 13.9. The lowest BCUT2D eigenvalue weighted by atomic mass is 9.89. The number of hydrogen-bond acceptors (Lipinski definition) is 2. The predicted molar refractivity (Wildman–Crippen MR) is 128 cm³/mol. The first-order valence-corrected chi connectivity index (χ1v) is 11.6. The van der Waals surface area contributed by atoms with Crippen LogP contribution < -0.4 is 15.5 Å². The molecular weight excluding hydrogens is 414 g/mol. The Balaban J connectivity index is 1.40. The van der Waals surface area contributed by atoms with E-state index in [1.165, 1.54) is 18.4 Å². The molecule has 6 heteroatoms. The third-order valence-corrected chi connectivity index (χ3v) is 6.83. The summed E-state index contributed by atoms with van der Waals surface area (Å²) < 4.78 is 0. The number of amides is 1. The van der Waals surface area contributed by atoms with Crippen LogP contribution in [0.15, 0.2) is 48.5 Å². The number of carbonyl (C=O) groups is 1. The largest absolute Gasteiger partial charge is 0.357 e. The van der Waals surface area contributed by atoms with Crippen molar-refractivity contribution in [3.8, 4) is 0 Å². The number of rotatable bonds is 6. The average Bonchev–Trinajstić information content (AvgIpc) is 3.37. The van der Waals surface area contributed by atoms with E-state index in [0.717, 1.165) is 55.0 Å². The Kier molecular flexibility index (Phi) is 6.59. The molecule has 1 aliphatic carbocycles. The Labute approximate surface area is 189 Å². The lowest BCUT2D eigenvalue weighted by molar-refractivity contribution is -0.117. The molecule has 2 aromatic carbocycles. The van der Waals surface area contributed by atoms with E-state index in [1.807, 2.05) is 47.4 Å². The number of nitrogens with zero attached hydrogens (tertiary/aromatic N) is 1. The van der Waals surface area contributed by atoms with Crippen molar-refractivity contribution < 1.29 is 4.79 Å².